The maximum Gasteiger partial charge on any atom is 0.419 e. The highest BCUT2D eigenvalue weighted by atomic mass is 35.5. The second-order valence-corrected chi connectivity index (χ2v) is 5.19. The predicted molar refractivity (Wildman–Crippen MR) is 76.5 cm³/mol. The molecule has 0 bridgehead atoms. The molecule has 2 aliphatic rings. The summed E-state index contributed by atoms with van der Waals surface area (Å²) in [7, 11) is 0. The van der Waals surface area contributed by atoms with Crippen LogP contribution < -0.4 is 0 Å². The molecule has 116 valence electrons. The molecule has 0 fully saturated rings. The van der Waals surface area contributed by atoms with Gasteiger partial charge in [0.15, 0.2) is 0 Å². The lowest BCUT2D eigenvalue weighted by Crippen LogP contribution is -2.27. The summed E-state index contributed by atoms with van der Waals surface area (Å²) in [5.74, 6) is -1.37. The van der Waals surface area contributed by atoms with E-state index in [0.717, 1.165) is 17.7 Å². The van der Waals surface area contributed by atoms with Crippen molar-refractivity contribution in [2.75, 3.05) is 0 Å². The van der Waals surface area contributed by atoms with Crippen LogP contribution in [0, 0.1) is 5.82 Å². The molecule has 1 aromatic rings. The zero-order valence-corrected chi connectivity index (χ0v) is 12.1. The quantitative estimate of drug-likeness (QED) is 0.531. The second kappa shape index (κ2) is 5.08. The second-order valence-electron chi connectivity index (χ2n) is 4.85. The van der Waals surface area contributed by atoms with Crippen LogP contribution in [0.1, 0.15) is 30.9 Å². The van der Waals surface area contributed by atoms with Gasteiger partial charge in [0.25, 0.3) is 0 Å². The molecular weight excluding hydrogens is 322 g/mol. The van der Waals surface area contributed by atoms with Crippen LogP contribution in [0.3, 0.4) is 0 Å². The van der Waals surface area contributed by atoms with Gasteiger partial charge in [-0.05, 0) is 29.7 Å². The van der Waals surface area contributed by atoms with E-state index in [1.807, 2.05) is 6.92 Å². The number of nitrogens with zero attached hydrogens (tertiary/aromatic N) is 3. The molecule has 1 aromatic carbocycles. The van der Waals surface area contributed by atoms with Crippen LogP contribution in [0.15, 0.2) is 27.8 Å². The largest absolute Gasteiger partial charge is 0.419 e. The van der Waals surface area contributed by atoms with Crippen LogP contribution in [0.25, 0.3) is 5.70 Å². The molecule has 0 saturated heterocycles. The van der Waals surface area contributed by atoms with Gasteiger partial charge >= 0.3 is 6.18 Å². The number of fused-ring (bicyclic) bond motifs is 3. The summed E-state index contributed by atoms with van der Waals surface area (Å²) in [4.78, 5) is 3.94. The molecule has 8 heteroatoms. The molecule has 0 N–H and O–H groups in total. The van der Waals surface area contributed by atoms with Crippen molar-refractivity contribution in [1.29, 1.82) is 0 Å². The van der Waals surface area contributed by atoms with Gasteiger partial charge in [-0.3, -0.25) is 0 Å². The first-order chi connectivity index (χ1) is 10.3. The van der Waals surface area contributed by atoms with E-state index in [2.05, 4.69) is 10.1 Å². The van der Waals surface area contributed by atoms with Crippen molar-refractivity contribution in [3.05, 3.63) is 34.6 Å². The van der Waals surface area contributed by atoms with E-state index in [-0.39, 0.29) is 16.5 Å². The van der Waals surface area contributed by atoms with Crippen LogP contribution in [-0.2, 0) is 6.18 Å². The minimum atomic E-state index is -4.78. The summed E-state index contributed by atoms with van der Waals surface area (Å²) in [5.41, 5.74) is 0.253. The molecule has 0 aromatic heterocycles. The fraction of sp³-hybridized carbons (Fsp3) is 0.286. The zero-order valence-electron chi connectivity index (χ0n) is 11.4. The van der Waals surface area contributed by atoms with Gasteiger partial charge in [0.05, 0.1) is 16.9 Å². The third-order valence-corrected chi connectivity index (χ3v) is 3.79. The van der Waals surface area contributed by atoms with Gasteiger partial charge in [-0.1, -0.05) is 6.92 Å². The molecule has 0 amide bonds. The van der Waals surface area contributed by atoms with Crippen molar-refractivity contribution in [2.45, 2.75) is 25.9 Å². The van der Waals surface area contributed by atoms with E-state index < -0.39 is 17.6 Å². The first-order valence-corrected chi connectivity index (χ1v) is 6.90. The Bertz CT molecular complexity index is 734. The van der Waals surface area contributed by atoms with Gasteiger partial charge in [-0.15, -0.1) is 0 Å². The Morgan fingerprint density at radius 1 is 1.32 bits per heavy atom. The summed E-state index contributed by atoms with van der Waals surface area (Å²) in [6, 6.07) is 1.53. The highest BCUT2D eigenvalue weighted by Gasteiger charge is 2.37. The smallest absolute Gasteiger partial charge is 0.218 e. The molecule has 0 aliphatic carbocycles. The highest BCUT2D eigenvalue weighted by Crippen LogP contribution is 2.43. The standard InChI is InChI=1S/C14H10ClF4N3/c1-2-7-3-4-20-22-12(7)8-5-9(14(17,18)19)10(16)6-11(8)21-13(22)15/h4-6H,2-3H2,1H3. The molecule has 0 radical (unpaired) electrons. The van der Waals surface area contributed by atoms with Gasteiger partial charge in [0, 0.05) is 24.3 Å². The van der Waals surface area contributed by atoms with Crippen LogP contribution in [-0.4, -0.2) is 16.5 Å². The average Bonchev–Trinajstić information content (AvgIpc) is 2.45. The van der Waals surface area contributed by atoms with E-state index in [1.54, 1.807) is 6.21 Å². The minimum Gasteiger partial charge on any atom is -0.218 e. The maximum absolute atomic E-state index is 13.7. The molecule has 3 nitrogen and oxygen atoms in total. The fourth-order valence-corrected chi connectivity index (χ4v) is 2.72. The summed E-state index contributed by atoms with van der Waals surface area (Å²) in [6.07, 6.45) is -2.05. The number of allylic oxidation sites excluding steroid dienone is 1. The molecule has 0 atom stereocenters. The Hall–Kier alpha value is -1.89. The van der Waals surface area contributed by atoms with E-state index >= 15 is 0 Å². The molecule has 3 rings (SSSR count). The van der Waals surface area contributed by atoms with Crippen molar-refractivity contribution in [1.82, 2.24) is 5.01 Å². The van der Waals surface area contributed by atoms with Crippen LogP contribution in [0.5, 0.6) is 0 Å². The molecule has 2 heterocycles. The van der Waals surface area contributed by atoms with Gasteiger partial charge in [0.1, 0.15) is 5.82 Å². The summed E-state index contributed by atoms with van der Waals surface area (Å²) in [6.45, 7) is 1.88. The van der Waals surface area contributed by atoms with Crippen molar-refractivity contribution >= 4 is 34.5 Å². The Kier molecular flexibility index (Phi) is 3.47. The fourth-order valence-electron chi connectivity index (χ4n) is 2.50. The van der Waals surface area contributed by atoms with Crippen molar-refractivity contribution in [2.24, 2.45) is 10.1 Å². The van der Waals surface area contributed by atoms with E-state index in [4.69, 9.17) is 11.6 Å². The third kappa shape index (κ3) is 2.29. The van der Waals surface area contributed by atoms with E-state index in [1.165, 1.54) is 5.01 Å². The van der Waals surface area contributed by atoms with Gasteiger partial charge in [-0.25, -0.2) is 14.4 Å². The lowest BCUT2D eigenvalue weighted by Gasteiger charge is -2.31. The summed E-state index contributed by atoms with van der Waals surface area (Å²) >= 11 is 6.01. The zero-order chi connectivity index (χ0) is 16.1. The first-order valence-electron chi connectivity index (χ1n) is 6.52. The van der Waals surface area contributed by atoms with E-state index in [9.17, 15) is 17.6 Å². The molecule has 0 saturated carbocycles. The number of hydrogen-bond donors (Lipinski definition) is 0. The summed E-state index contributed by atoms with van der Waals surface area (Å²) in [5, 5.41) is 5.31. The number of amidine groups is 1. The van der Waals surface area contributed by atoms with Crippen molar-refractivity contribution in [3.8, 4) is 0 Å². The van der Waals surface area contributed by atoms with Gasteiger partial charge in [0.2, 0.25) is 5.29 Å². The molecule has 22 heavy (non-hydrogen) atoms. The summed E-state index contributed by atoms with van der Waals surface area (Å²) < 4.78 is 52.5. The number of aliphatic imine (C=N–C) groups is 1. The number of hydrazone groups is 1. The third-order valence-electron chi connectivity index (χ3n) is 3.54. The predicted octanol–water partition coefficient (Wildman–Crippen LogP) is 4.90. The minimum absolute atomic E-state index is 0.0245. The highest BCUT2D eigenvalue weighted by molar-refractivity contribution is 6.65. The van der Waals surface area contributed by atoms with Crippen LogP contribution in [0.4, 0.5) is 23.2 Å². The van der Waals surface area contributed by atoms with Crippen LogP contribution >= 0.6 is 11.6 Å². The molecule has 0 spiro atoms. The Morgan fingerprint density at radius 3 is 2.68 bits per heavy atom. The van der Waals surface area contributed by atoms with Crippen molar-refractivity contribution in [3.63, 3.8) is 0 Å². The Labute approximate surface area is 128 Å². The molecule has 2 aliphatic heterocycles. The number of alkyl halides is 3. The van der Waals surface area contributed by atoms with Gasteiger partial charge in [-0.2, -0.15) is 18.3 Å². The molecular formula is C14H10ClF4N3. The van der Waals surface area contributed by atoms with Crippen LogP contribution in [0.2, 0.25) is 0 Å². The van der Waals surface area contributed by atoms with E-state index in [0.29, 0.717) is 18.5 Å². The van der Waals surface area contributed by atoms with Gasteiger partial charge < -0.3 is 0 Å². The average molecular weight is 332 g/mol. The number of hydrogen-bond acceptors (Lipinski definition) is 3. The molecule has 0 unspecified atom stereocenters. The monoisotopic (exact) mass is 331 g/mol. The Balaban J connectivity index is 2.29. The number of halogens is 5. The maximum atomic E-state index is 13.7. The lowest BCUT2D eigenvalue weighted by atomic mass is 9.96. The topological polar surface area (TPSA) is 28.0 Å². The number of rotatable bonds is 1. The van der Waals surface area contributed by atoms with Crippen molar-refractivity contribution < 1.29 is 17.6 Å². The lowest BCUT2D eigenvalue weighted by molar-refractivity contribution is -0.140. The number of benzene rings is 1. The Morgan fingerprint density at radius 2 is 2.05 bits per heavy atom. The normalized spacial score (nSPS) is 17.4. The SMILES string of the molecule is CCC1=C2c3cc(C(F)(F)F)c(F)cc3N=C(Cl)N2N=CC1. The first kappa shape index (κ1) is 15.0.